The van der Waals surface area contributed by atoms with Crippen LogP contribution in [0.25, 0.3) is 22.1 Å². The number of likely N-dealkylation sites (N-methyl/N-ethyl adjacent to an activating group) is 1. The molecule has 1 atom stereocenters. The highest BCUT2D eigenvalue weighted by Crippen LogP contribution is 2.30. The molecule has 4 rings (SSSR count). The molecule has 6 nitrogen and oxygen atoms in total. The Morgan fingerprint density at radius 2 is 1.69 bits per heavy atom. The molecule has 1 aliphatic rings. The Labute approximate surface area is 208 Å². The van der Waals surface area contributed by atoms with E-state index < -0.39 is 5.63 Å². The Kier molecular flexibility index (Phi) is 10.2. The number of piperidine rings is 1. The summed E-state index contributed by atoms with van der Waals surface area (Å²) < 4.78 is 5.45. The average Bonchev–Trinajstić information content (AvgIpc) is 2.89. The summed E-state index contributed by atoms with van der Waals surface area (Å²) in [6, 6.07) is 14.7. The molecule has 1 saturated heterocycles. The number of hydrogen-bond acceptors (Lipinski definition) is 4. The molecular weight excluding hydrogens is 440 g/mol. The van der Waals surface area contributed by atoms with Gasteiger partial charge in [-0.3, -0.25) is 9.59 Å². The van der Waals surface area contributed by atoms with Crippen LogP contribution in [-0.2, 0) is 4.79 Å². The topological polar surface area (TPSA) is 70.8 Å². The lowest BCUT2D eigenvalue weighted by molar-refractivity contribution is -0.130. The van der Waals surface area contributed by atoms with E-state index in [-0.39, 0.29) is 17.9 Å². The first-order valence-corrected chi connectivity index (χ1v) is 12.5. The van der Waals surface area contributed by atoms with Crippen LogP contribution in [0.5, 0.6) is 0 Å². The summed E-state index contributed by atoms with van der Waals surface area (Å²) in [7, 11) is 1.78. The molecule has 0 N–H and O–H groups in total. The fourth-order valence-corrected chi connectivity index (χ4v) is 4.29. The van der Waals surface area contributed by atoms with Gasteiger partial charge in [0, 0.05) is 55.7 Å². The lowest BCUT2D eigenvalue weighted by Crippen LogP contribution is -2.49. The number of fused-ring (bicyclic) bond motifs is 1. The van der Waals surface area contributed by atoms with E-state index in [0.29, 0.717) is 24.2 Å². The Morgan fingerprint density at radius 1 is 1.00 bits per heavy atom. The van der Waals surface area contributed by atoms with Crippen LogP contribution < -0.4 is 5.63 Å². The first-order chi connectivity index (χ1) is 16.8. The maximum Gasteiger partial charge on any atom is 0.336 e. The smallest absolute Gasteiger partial charge is 0.336 e. The van der Waals surface area contributed by atoms with Crippen molar-refractivity contribution in [3.63, 3.8) is 0 Å². The minimum Gasteiger partial charge on any atom is -0.423 e. The summed E-state index contributed by atoms with van der Waals surface area (Å²) in [5, 5.41) is 0.790. The van der Waals surface area contributed by atoms with Crippen molar-refractivity contribution in [3.05, 3.63) is 70.1 Å². The van der Waals surface area contributed by atoms with Crippen molar-refractivity contribution >= 4 is 22.8 Å². The van der Waals surface area contributed by atoms with Crippen molar-refractivity contribution in [1.29, 1.82) is 0 Å². The maximum atomic E-state index is 13.2. The summed E-state index contributed by atoms with van der Waals surface area (Å²) in [5.74, 6) is -0.122. The number of nitrogens with zero attached hydrogens (tertiary/aromatic N) is 2. The molecule has 0 radical (unpaired) electrons. The van der Waals surface area contributed by atoms with Gasteiger partial charge in [0.15, 0.2) is 0 Å². The molecule has 0 saturated carbocycles. The molecule has 2 heterocycles. The molecule has 0 aliphatic carbocycles. The van der Waals surface area contributed by atoms with Crippen molar-refractivity contribution in [1.82, 2.24) is 9.80 Å². The normalized spacial score (nSPS) is 14.8. The van der Waals surface area contributed by atoms with Gasteiger partial charge in [0.05, 0.1) is 0 Å². The Bertz CT molecular complexity index is 1210. The summed E-state index contributed by atoms with van der Waals surface area (Å²) in [5.41, 5.74) is 3.24. The van der Waals surface area contributed by atoms with E-state index in [0.717, 1.165) is 34.9 Å². The number of hydrogen-bond donors (Lipinski definition) is 0. The first kappa shape index (κ1) is 27.8. The summed E-state index contributed by atoms with van der Waals surface area (Å²) >= 11 is 0. The lowest BCUT2D eigenvalue weighted by atomic mass is 9.97. The zero-order chi connectivity index (χ0) is 26.1. The van der Waals surface area contributed by atoms with Crippen molar-refractivity contribution < 1.29 is 14.0 Å². The quantitative estimate of drug-likeness (QED) is 0.439. The van der Waals surface area contributed by atoms with E-state index in [9.17, 15) is 14.4 Å². The molecule has 188 valence electrons. The van der Waals surface area contributed by atoms with Crippen molar-refractivity contribution in [3.8, 4) is 11.1 Å². The van der Waals surface area contributed by atoms with Crippen LogP contribution in [0.3, 0.4) is 0 Å². The largest absolute Gasteiger partial charge is 0.423 e. The first-order valence-electron chi connectivity index (χ1n) is 12.5. The van der Waals surface area contributed by atoms with Gasteiger partial charge in [-0.2, -0.15) is 0 Å². The van der Waals surface area contributed by atoms with Gasteiger partial charge in [0.1, 0.15) is 5.58 Å². The molecule has 2 amide bonds. The van der Waals surface area contributed by atoms with Gasteiger partial charge in [0.2, 0.25) is 5.91 Å². The van der Waals surface area contributed by atoms with Gasteiger partial charge in [-0.15, -0.1) is 0 Å². The molecular formula is C29H38N2O4. The van der Waals surface area contributed by atoms with Gasteiger partial charge in [-0.25, -0.2) is 4.79 Å². The SMILES string of the molecule is CC.CC.CC(=O)N(C)[C@@H]1CCCN(C(=O)c2ccc3c(-c4ccccc4C)cc(=O)oc3c2)C1. The molecule has 1 fully saturated rings. The standard InChI is InChI=1S/C25H26N2O4.2C2H6/c1-16-7-4-5-9-20(16)22-14-24(29)31-23-13-18(10-11-21(22)23)25(30)27-12-6-8-19(15-27)26(3)17(2)28;2*1-2/h4-5,7,9-11,13-14,19H,6,8,12,15H2,1-3H3;2*1-2H3/t19-;;/m1../s1. The zero-order valence-electron chi connectivity index (χ0n) is 22.1. The molecule has 2 aromatic carbocycles. The van der Waals surface area contributed by atoms with Crippen LogP contribution >= 0.6 is 0 Å². The van der Waals surface area contributed by atoms with Gasteiger partial charge in [0.25, 0.3) is 5.91 Å². The van der Waals surface area contributed by atoms with Gasteiger partial charge >= 0.3 is 5.63 Å². The Morgan fingerprint density at radius 3 is 2.34 bits per heavy atom. The van der Waals surface area contributed by atoms with Crippen LogP contribution in [0.15, 0.2) is 57.7 Å². The maximum absolute atomic E-state index is 13.2. The minimum atomic E-state index is -0.448. The van der Waals surface area contributed by atoms with E-state index in [1.54, 1.807) is 29.0 Å². The van der Waals surface area contributed by atoms with Crippen molar-refractivity contribution in [2.45, 2.75) is 60.4 Å². The average molecular weight is 479 g/mol. The fourth-order valence-electron chi connectivity index (χ4n) is 4.29. The molecule has 0 spiro atoms. The Balaban J connectivity index is 0.00000103. The van der Waals surface area contributed by atoms with E-state index >= 15 is 0 Å². The van der Waals surface area contributed by atoms with Crippen LogP contribution in [-0.4, -0.2) is 47.8 Å². The second-order valence-electron chi connectivity index (χ2n) is 8.18. The molecule has 1 aromatic heterocycles. The molecule has 6 heteroatoms. The van der Waals surface area contributed by atoms with Crippen molar-refractivity contribution in [2.24, 2.45) is 0 Å². The monoisotopic (exact) mass is 478 g/mol. The number of likely N-dealkylation sites (tertiary alicyclic amines) is 1. The van der Waals surface area contributed by atoms with Gasteiger partial charge < -0.3 is 14.2 Å². The lowest BCUT2D eigenvalue weighted by Gasteiger charge is -2.37. The minimum absolute atomic E-state index is 0.00415. The highest BCUT2D eigenvalue weighted by Gasteiger charge is 2.28. The summed E-state index contributed by atoms with van der Waals surface area (Å²) in [4.78, 5) is 40.6. The van der Waals surface area contributed by atoms with Crippen LogP contribution in [0, 0.1) is 6.92 Å². The van der Waals surface area contributed by atoms with Crippen molar-refractivity contribution in [2.75, 3.05) is 20.1 Å². The van der Waals surface area contributed by atoms with E-state index in [1.165, 1.54) is 13.0 Å². The predicted molar refractivity (Wildman–Crippen MR) is 143 cm³/mol. The molecule has 0 unspecified atom stereocenters. The Hall–Kier alpha value is -3.41. The van der Waals surface area contributed by atoms with E-state index in [4.69, 9.17) is 4.42 Å². The fraction of sp³-hybridized carbons (Fsp3) is 0.414. The van der Waals surface area contributed by atoms with Gasteiger partial charge in [-0.05, 0) is 49.1 Å². The second-order valence-corrected chi connectivity index (χ2v) is 8.18. The van der Waals surface area contributed by atoms with E-state index in [1.807, 2.05) is 65.0 Å². The number of carbonyl (C=O) groups excluding carboxylic acids is 2. The van der Waals surface area contributed by atoms with Crippen LogP contribution in [0.2, 0.25) is 0 Å². The molecule has 35 heavy (non-hydrogen) atoms. The molecule has 1 aliphatic heterocycles. The molecule has 3 aromatic rings. The zero-order valence-corrected chi connectivity index (χ0v) is 22.1. The van der Waals surface area contributed by atoms with Gasteiger partial charge in [-0.1, -0.05) is 52.0 Å². The predicted octanol–water partition coefficient (Wildman–Crippen LogP) is 5.90. The number of rotatable bonds is 3. The second kappa shape index (κ2) is 12.9. The summed E-state index contributed by atoms with van der Waals surface area (Å²) in [6.45, 7) is 12.7. The van der Waals surface area contributed by atoms with Crippen LogP contribution in [0.4, 0.5) is 0 Å². The summed E-state index contributed by atoms with van der Waals surface area (Å²) in [6.07, 6.45) is 1.72. The number of benzene rings is 2. The number of aryl methyl sites for hydroxylation is 1. The third-order valence-electron chi connectivity index (χ3n) is 6.15. The number of carbonyl (C=O) groups is 2. The number of amides is 2. The highest BCUT2D eigenvalue weighted by molar-refractivity contribution is 6.01. The third-order valence-corrected chi connectivity index (χ3v) is 6.15. The van der Waals surface area contributed by atoms with Crippen LogP contribution in [0.1, 0.15) is 63.4 Å². The highest BCUT2D eigenvalue weighted by atomic mass is 16.4. The molecule has 0 bridgehead atoms. The van der Waals surface area contributed by atoms with E-state index in [2.05, 4.69) is 0 Å². The third kappa shape index (κ3) is 6.38.